The Morgan fingerprint density at radius 1 is 0.931 bits per heavy atom. The van der Waals surface area contributed by atoms with Crippen molar-refractivity contribution in [1.82, 2.24) is 35.1 Å². The number of rotatable bonds is 3. The van der Waals surface area contributed by atoms with Crippen LogP contribution in [0.4, 0.5) is 0 Å². The minimum Gasteiger partial charge on any atom is -0.337 e. The third kappa shape index (κ3) is 2.61. The van der Waals surface area contributed by atoms with Crippen LogP contribution < -0.4 is 0 Å². The zero-order valence-corrected chi connectivity index (χ0v) is 15.8. The molecule has 0 bridgehead atoms. The van der Waals surface area contributed by atoms with Gasteiger partial charge in [0.05, 0.1) is 16.4 Å². The van der Waals surface area contributed by atoms with Gasteiger partial charge >= 0.3 is 0 Å². The normalized spacial score (nSPS) is 11.4. The fourth-order valence-electron chi connectivity index (χ4n) is 3.46. The number of thiophene rings is 1. The number of pyridine rings is 1. The van der Waals surface area contributed by atoms with Crippen LogP contribution in [0.1, 0.15) is 0 Å². The average molecular weight is 395 g/mol. The van der Waals surface area contributed by atoms with E-state index < -0.39 is 0 Å². The molecule has 5 aromatic heterocycles. The summed E-state index contributed by atoms with van der Waals surface area (Å²) < 4.78 is 0. The number of aromatic nitrogens is 7. The predicted octanol–water partition coefficient (Wildman–Crippen LogP) is 4.69. The maximum Gasteiger partial charge on any atom is 0.159 e. The third-order valence-electron chi connectivity index (χ3n) is 4.83. The first-order valence-corrected chi connectivity index (χ1v) is 9.87. The number of nitrogens with one attached hydrogen (secondary N) is 2. The second-order valence-electron chi connectivity index (χ2n) is 6.58. The molecule has 1 aromatic carbocycles. The first-order chi connectivity index (χ1) is 14.4. The molecule has 29 heavy (non-hydrogen) atoms. The van der Waals surface area contributed by atoms with E-state index in [4.69, 9.17) is 4.98 Å². The molecule has 0 aliphatic rings. The van der Waals surface area contributed by atoms with Crippen LogP contribution in [-0.2, 0) is 0 Å². The van der Waals surface area contributed by atoms with Crippen LogP contribution in [0.3, 0.4) is 0 Å². The first kappa shape index (κ1) is 16.1. The summed E-state index contributed by atoms with van der Waals surface area (Å²) in [6.45, 7) is 0. The fourth-order valence-corrected chi connectivity index (χ4v) is 4.22. The lowest BCUT2D eigenvalue weighted by Gasteiger charge is -2.00. The maximum absolute atomic E-state index is 4.88. The lowest BCUT2D eigenvalue weighted by Crippen LogP contribution is -1.85. The van der Waals surface area contributed by atoms with Crippen molar-refractivity contribution in [3.8, 4) is 33.1 Å². The summed E-state index contributed by atoms with van der Waals surface area (Å²) in [5.74, 6) is 0.707. The maximum atomic E-state index is 4.88. The second-order valence-corrected chi connectivity index (χ2v) is 7.53. The molecule has 0 amide bonds. The highest BCUT2D eigenvalue weighted by atomic mass is 32.1. The molecular weight excluding hydrogens is 382 g/mol. The van der Waals surface area contributed by atoms with E-state index in [0.717, 1.165) is 38.8 Å². The van der Waals surface area contributed by atoms with Gasteiger partial charge in [0, 0.05) is 40.2 Å². The second kappa shape index (κ2) is 6.32. The summed E-state index contributed by atoms with van der Waals surface area (Å²) in [4.78, 5) is 22.2. The Bertz CT molecular complexity index is 1450. The summed E-state index contributed by atoms with van der Waals surface area (Å²) >= 11 is 1.70. The number of para-hydroxylation sites is 1. The van der Waals surface area contributed by atoms with Crippen molar-refractivity contribution < 1.29 is 0 Å². The van der Waals surface area contributed by atoms with Gasteiger partial charge in [-0.15, -0.1) is 11.3 Å². The Labute approximate surface area is 168 Å². The van der Waals surface area contributed by atoms with E-state index in [2.05, 4.69) is 47.6 Å². The Morgan fingerprint density at radius 3 is 2.72 bits per heavy atom. The largest absolute Gasteiger partial charge is 0.337 e. The van der Waals surface area contributed by atoms with Crippen molar-refractivity contribution in [2.45, 2.75) is 0 Å². The minimum atomic E-state index is 0.707. The molecule has 0 unspecified atom stereocenters. The summed E-state index contributed by atoms with van der Waals surface area (Å²) in [6, 6.07) is 12.4. The van der Waals surface area contributed by atoms with Gasteiger partial charge in [0.2, 0.25) is 0 Å². The lowest BCUT2D eigenvalue weighted by molar-refractivity contribution is 1.09. The molecule has 138 valence electrons. The van der Waals surface area contributed by atoms with Gasteiger partial charge in [-0.2, -0.15) is 5.10 Å². The van der Waals surface area contributed by atoms with Crippen molar-refractivity contribution in [3.63, 3.8) is 0 Å². The molecule has 0 aliphatic carbocycles. The minimum absolute atomic E-state index is 0.707. The molecule has 6 aromatic rings. The van der Waals surface area contributed by atoms with Crippen LogP contribution in [0.15, 0.2) is 66.7 Å². The molecule has 0 spiro atoms. The molecular formula is C21H13N7S. The molecule has 0 saturated heterocycles. The van der Waals surface area contributed by atoms with Crippen molar-refractivity contribution in [1.29, 1.82) is 0 Å². The van der Waals surface area contributed by atoms with Gasteiger partial charge in [0.15, 0.2) is 11.5 Å². The van der Waals surface area contributed by atoms with E-state index in [0.29, 0.717) is 11.5 Å². The van der Waals surface area contributed by atoms with Crippen LogP contribution in [0.5, 0.6) is 0 Å². The van der Waals surface area contributed by atoms with Gasteiger partial charge in [0.1, 0.15) is 12.0 Å². The number of hydrogen-bond donors (Lipinski definition) is 2. The number of imidazole rings is 1. The van der Waals surface area contributed by atoms with E-state index >= 15 is 0 Å². The summed E-state index contributed by atoms with van der Waals surface area (Å²) in [5, 5.41) is 10.4. The van der Waals surface area contributed by atoms with Gasteiger partial charge in [0.25, 0.3) is 0 Å². The quantitative estimate of drug-likeness (QED) is 0.453. The van der Waals surface area contributed by atoms with Crippen LogP contribution in [-0.4, -0.2) is 35.1 Å². The Kier molecular flexibility index (Phi) is 3.50. The topological polar surface area (TPSA) is 96.0 Å². The number of H-pyrrole nitrogens is 2. The summed E-state index contributed by atoms with van der Waals surface area (Å²) in [6.07, 6.45) is 6.84. The standard InChI is InChI=1S/C21H13N7S/c1-3-14(17-5-2-6-29-17)18-16(4-1)25-21(26-18)19-15-7-12(10-24-20(15)28-27-19)13-8-22-11-23-9-13/h1-11H,(H,25,26)(H,24,27,28). The van der Waals surface area contributed by atoms with E-state index in [1.54, 1.807) is 29.9 Å². The van der Waals surface area contributed by atoms with Crippen molar-refractivity contribution in [2.24, 2.45) is 0 Å². The van der Waals surface area contributed by atoms with Gasteiger partial charge in [-0.3, -0.25) is 5.10 Å². The predicted molar refractivity (Wildman–Crippen MR) is 113 cm³/mol. The zero-order chi connectivity index (χ0) is 19.2. The van der Waals surface area contributed by atoms with Crippen LogP contribution in [0.2, 0.25) is 0 Å². The molecule has 0 atom stereocenters. The van der Waals surface area contributed by atoms with Crippen molar-refractivity contribution >= 4 is 33.4 Å². The Morgan fingerprint density at radius 2 is 1.86 bits per heavy atom. The number of nitrogens with zero attached hydrogens (tertiary/aromatic N) is 5. The van der Waals surface area contributed by atoms with Crippen molar-refractivity contribution in [2.75, 3.05) is 0 Å². The smallest absolute Gasteiger partial charge is 0.159 e. The fraction of sp³-hybridized carbons (Fsp3) is 0. The highest BCUT2D eigenvalue weighted by molar-refractivity contribution is 7.13. The number of fused-ring (bicyclic) bond motifs is 2. The molecule has 0 fully saturated rings. The van der Waals surface area contributed by atoms with E-state index in [1.807, 2.05) is 24.3 Å². The molecule has 0 radical (unpaired) electrons. The monoisotopic (exact) mass is 395 g/mol. The van der Waals surface area contributed by atoms with Crippen LogP contribution in [0, 0.1) is 0 Å². The molecule has 8 heteroatoms. The molecule has 7 nitrogen and oxygen atoms in total. The summed E-state index contributed by atoms with van der Waals surface area (Å²) in [7, 11) is 0. The molecule has 0 saturated carbocycles. The van der Waals surface area contributed by atoms with E-state index in [1.165, 1.54) is 11.2 Å². The van der Waals surface area contributed by atoms with Gasteiger partial charge in [-0.25, -0.2) is 19.9 Å². The van der Waals surface area contributed by atoms with E-state index in [-0.39, 0.29) is 0 Å². The molecule has 0 aliphatic heterocycles. The molecule has 5 heterocycles. The van der Waals surface area contributed by atoms with E-state index in [9.17, 15) is 0 Å². The first-order valence-electron chi connectivity index (χ1n) is 8.99. The lowest BCUT2D eigenvalue weighted by atomic mass is 10.1. The number of hydrogen-bond acceptors (Lipinski definition) is 6. The SMILES string of the molecule is c1csc(-c2cccc3[nH]c(-c4n[nH]c5ncc(-c6cncnc6)cc45)nc23)c1. The summed E-state index contributed by atoms with van der Waals surface area (Å²) in [5.41, 5.74) is 6.29. The van der Waals surface area contributed by atoms with Crippen molar-refractivity contribution in [3.05, 3.63) is 66.7 Å². The average Bonchev–Trinajstić information content (AvgIpc) is 3.52. The number of benzene rings is 1. The third-order valence-corrected chi connectivity index (χ3v) is 5.74. The highest BCUT2D eigenvalue weighted by Gasteiger charge is 2.16. The number of aromatic amines is 2. The van der Waals surface area contributed by atoms with Crippen LogP contribution in [0.25, 0.3) is 55.2 Å². The van der Waals surface area contributed by atoms with Gasteiger partial charge in [-0.1, -0.05) is 18.2 Å². The molecule has 2 N–H and O–H groups in total. The van der Waals surface area contributed by atoms with Gasteiger partial charge < -0.3 is 4.98 Å². The molecule has 6 rings (SSSR count). The highest BCUT2D eigenvalue weighted by Crippen LogP contribution is 2.33. The Hall–Kier alpha value is -3.91. The zero-order valence-electron chi connectivity index (χ0n) is 15.0. The van der Waals surface area contributed by atoms with Gasteiger partial charge in [-0.05, 0) is 23.6 Å². The van der Waals surface area contributed by atoms with Crippen LogP contribution >= 0.6 is 11.3 Å². The Balaban J connectivity index is 1.53.